The Balaban J connectivity index is 1.80. The summed E-state index contributed by atoms with van der Waals surface area (Å²) in [5.41, 5.74) is 1.19. The zero-order chi connectivity index (χ0) is 12.4. The average Bonchev–Trinajstić information content (AvgIpc) is 2.46. The van der Waals surface area contributed by atoms with Gasteiger partial charge >= 0.3 is 0 Å². The molecule has 98 valence electrons. The number of hydrogen-bond acceptors (Lipinski definition) is 4. The van der Waals surface area contributed by atoms with E-state index in [1.807, 2.05) is 12.4 Å². The van der Waals surface area contributed by atoms with Crippen LogP contribution in [0.4, 0.5) is 5.69 Å². The fourth-order valence-electron chi connectivity index (χ4n) is 3.36. The van der Waals surface area contributed by atoms with Crippen LogP contribution >= 0.6 is 0 Å². The molecule has 0 aromatic carbocycles. The van der Waals surface area contributed by atoms with E-state index in [-0.39, 0.29) is 0 Å². The van der Waals surface area contributed by atoms with Crippen molar-refractivity contribution in [3.63, 3.8) is 0 Å². The highest BCUT2D eigenvalue weighted by Gasteiger charge is 2.34. The second-order valence-corrected chi connectivity index (χ2v) is 5.46. The van der Waals surface area contributed by atoms with Crippen molar-refractivity contribution in [2.24, 2.45) is 0 Å². The molecule has 0 spiro atoms. The van der Waals surface area contributed by atoms with Crippen molar-refractivity contribution in [3.8, 4) is 0 Å². The normalized spacial score (nSPS) is 29.1. The van der Waals surface area contributed by atoms with Crippen LogP contribution in [0.3, 0.4) is 0 Å². The molecule has 2 fully saturated rings. The van der Waals surface area contributed by atoms with E-state index < -0.39 is 0 Å². The predicted molar refractivity (Wildman–Crippen MR) is 72.7 cm³/mol. The highest BCUT2D eigenvalue weighted by molar-refractivity contribution is 5.44. The molecule has 2 atom stereocenters. The Bertz CT molecular complexity index is 381. The van der Waals surface area contributed by atoms with Crippen molar-refractivity contribution in [1.29, 1.82) is 0 Å². The molecule has 0 radical (unpaired) electrons. The van der Waals surface area contributed by atoms with Crippen LogP contribution < -0.4 is 4.90 Å². The lowest BCUT2D eigenvalue weighted by molar-refractivity contribution is 0.111. The summed E-state index contributed by atoms with van der Waals surface area (Å²) in [5.74, 6) is 0. The summed E-state index contributed by atoms with van der Waals surface area (Å²) >= 11 is 0. The second kappa shape index (κ2) is 5.22. The third-order valence-electron chi connectivity index (χ3n) is 4.39. The molecule has 0 saturated carbocycles. The van der Waals surface area contributed by atoms with Gasteiger partial charge in [0, 0.05) is 25.2 Å². The van der Waals surface area contributed by atoms with Crippen molar-refractivity contribution in [3.05, 3.63) is 18.7 Å². The van der Waals surface area contributed by atoms with Crippen LogP contribution in [-0.2, 0) is 0 Å². The van der Waals surface area contributed by atoms with E-state index in [1.165, 1.54) is 44.5 Å². The Morgan fingerprint density at radius 1 is 1.22 bits per heavy atom. The molecule has 0 aliphatic carbocycles. The molecule has 4 nitrogen and oxygen atoms in total. The number of aromatic nitrogens is 2. The molecule has 3 rings (SSSR count). The first-order chi connectivity index (χ1) is 8.88. The van der Waals surface area contributed by atoms with Gasteiger partial charge in [-0.05, 0) is 25.8 Å². The molecule has 18 heavy (non-hydrogen) atoms. The van der Waals surface area contributed by atoms with E-state index in [2.05, 4.69) is 26.7 Å². The minimum Gasteiger partial charge on any atom is -0.363 e. The molecule has 4 heteroatoms. The van der Waals surface area contributed by atoms with E-state index in [9.17, 15) is 0 Å². The first-order valence-electron chi connectivity index (χ1n) is 7.14. The van der Waals surface area contributed by atoms with Gasteiger partial charge in [0.05, 0.1) is 18.1 Å². The number of nitrogens with zero attached hydrogens (tertiary/aromatic N) is 4. The Kier molecular flexibility index (Phi) is 3.46. The highest BCUT2D eigenvalue weighted by atomic mass is 15.3. The number of hydrogen-bond donors (Lipinski definition) is 0. The van der Waals surface area contributed by atoms with E-state index in [0.717, 1.165) is 12.6 Å². The van der Waals surface area contributed by atoms with Crippen LogP contribution in [0.25, 0.3) is 0 Å². The van der Waals surface area contributed by atoms with Gasteiger partial charge in [-0.2, -0.15) is 0 Å². The number of anilines is 1. The number of piperazine rings is 1. The Morgan fingerprint density at radius 3 is 2.83 bits per heavy atom. The summed E-state index contributed by atoms with van der Waals surface area (Å²) < 4.78 is 0. The summed E-state index contributed by atoms with van der Waals surface area (Å²) in [5, 5.41) is 0. The van der Waals surface area contributed by atoms with Gasteiger partial charge in [-0.25, -0.2) is 9.97 Å². The molecule has 1 aromatic heterocycles. The lowest BCUT2D eigenvalue weighted by Gasteiger charge is -2.49. The lowest BCUT2D eigenvalue weighted by atomic mass is 9.95. The highest BCUT2D eigenvalue weighted by Crippen LogP contribution is 2.28. The summed E-state index contributed by atoms with van der Waals surface area (Å²) in [7, 11) is 0. The molecule has 2 aliphatic heterocycles. The number of piperidine rings is 1. The minimum absolute atomic E-state index is 0.616. The molecular formula is C14H22N4. The van der Waals surface area contributed by atoms with Crippen LogP contribution in [0.1, 0.15) is 32.6 Å². The van der Waals surface area contributed by atoms with Crippen LogP contribution in [0.15, 0.2) is 18.7 Å². The molecule has 0 N–H and O–H groups in total. The molecular weight excluding hydrogens is 224 g/mol. The molecule has 1 aromatic rings. The summed E-state index contributed by atoms with van der Waals surface area (Å²) in [6.45, 7) is 5.92. The van der Waals surface area contributed by atoms with Crippen molar-refractivity contribution in [1.82, 2.24) is 14.9 Å². The Morgan fingerprint density at radius 2 is 2.06 bits per heavy atom. The van der Waals surface area contributed by atoms with Gasteiger partial charge < -0.3 is 4.90 Å². The van der Waals surface area contributed by atoms with Crippen molar-refractivity contribution < 1.29 is 0 Å². The molecule has 3 heterocycles. The first-order valence-corrected chi connectivity index (χ1v) is 7.14. The van der Waals surface area contributed by atoms with Gasteiger partial charge in [0.15, 0.2) is 0 Å². The Hall–Kier alpha value is -1.16. The van der Waals surface area contributed by atoms with Crippen LogP contribution in [0.5, 0.6) is 0 Å². The fourth-order valence-corrected chi connectivity index (χ4v) is 3.36. The summed E-state index contributed by atoms with van der Waals surface area (Å²) in [6.07, 6.45) is 10.8. The first kappa shape index (κ1) is 11.9. The van der Waals surface area contributed by atoms with Crippen molar-refractivity contribution in [2.75, 3.05) is 24.5 Å². The third kappa shape index (κ3) is 2.21. The van der Waals surface area contributed by atoms with E-state index >= 15 is 0 Å². The zero-order valence-electron chi connectivity index (χ0n) is 11.1. The smallest absolute Gasteiger partial charge is 0.115 e. The maximum absolute atomic E-state index is 4.17. The maximum Gasteiger partial charge on any atom is 0.115 e. The van der Waals surface area contributed by atoms with Gasteiger partial charge in [0.2, 0.25) is 0 Å². The zero-order valence-corrected chi connectivity index (χ0v) is 11.1. The SMILES string of the molecule is CCC1CN2CCCCC2CN1c1cncnc1. The lowest BCUT2D eigenvalue weighted by Crippen LogP contribution is -2.59. The van der Waals surface area contributed by atoms with Crippen LogP contribution in [0.2, 0.25) is 0 Å². The van der Waals surface area contributed by atoms with Gasteiger partial charge in [-0.15, -0.1) is 0 Å². The molecule has 2 unspecified atom stereocenters. The minimum atomic E-state index is 0.616. The molecule has 2 saturated heterocycles. The average molecular weight is 246 g/mol. The second-order valence-electron chi connectivity index (χ2n) is 5.46. The maximum atomic E-state index is 4.17. The number of rotatable bonds is 2. The van der Waals surface area contributed by atoms with Crippen molar-refractivity contribution >= 4 is 5.69 Å². The van der Waals surface area contributed by atoms with Crippen LogP contribution in [-0.4, -0.2) is 46.6 Å². The topological polar surface area (TPSA) is 32.3 Å². The van der Waals surface area contributed by atoms with Gasteiger partial charge in [-0.1, -0.05) is 13.3 Å². The van der Waals surface area contributed by atoms with Crippen molar-refractivity contribution in [2.45, 2.75) is 44.7 Å². The molecule has 2 aliphatic rings. The van der Waals surface area contributed by atoms with E-state index in [0.29, 0.717) is 6.04 Å². The van der Waals surface area contributed by atoms with Gasteiger partial charge in [0.25, 0.3) is 0 Å². The third-order valence-corrected chi connectivity index (χ3v) is 4.39. The van der Waals surface area contributed by atoms with Gasteiger partial charge in [0.1, 0.15) is 6.33 Å². The Labute approximate surface area is 109 Å². The number of fused-ring (bicyclic) bond motifs is 1. The fraction of sp³-hybridized carbons (Fsp3) is 0.714. The van der Waals surface area contributed by atoms with E-state index in [4.69, 9.17) is 0 Å². The van der Waals surface area contributed by atoms with Gasteiger partial charge in [-0.3, -0.25) is 4.90 Å². The standard InChI is InChI=1S/C14H22N4/c1-2-12-9-17-6-4-3-5-13(17)10-18(12)14-7-15-11-16-8-14/h7-8,11-13H,2-6,9-10H2,1H3. The largest absolute Gasteiger partial charge is 0.363 e. The summed E-state index contributed by atoms with van der Waals surface area (Å²) in [6, 6.07) is 1.35. The molecule has 0 amide bonds. The predicted octanol–water partition coefficient (Wildman–Crippen LogP) is 1.93. The molecule has 0 bridgehead atoms. The monoisotopic (exact) mass is 246 g/mol. The quantitative estimate of drug-likeness (QED) is 0.798. The van der Waals surface area contributed by atoms with E-state index in [1.54, 1.807) is 6.33 Å². The van der Waals surface area contributed by atoms with Crippen LogP contribution in [0, 0.1) is 0 Å². The summed E-state index contributed by atoms with van der Waals surface area (Å²) in [4.78, 5) is 13.5.